The van der Waals surface area contributed by atoms with Crippen LogP contribution in [0.1, 0.15) is 34.7 Å². The van der Waals surface area contributed by atoms with E-state index in [1.807, 2.05) is 86.6 Å². The van der Waals surface area contributed by atoms with E-state index >= 15 is 0 Å². The van der Waals surface area contributed by atoms with E-state index in [0.717, 1.165) is 22.4 Å². The van der Waals surface area contributed by atoms with E-state index in [2.05, 4.69) is 9.88 Å². The number of hydrogen-bond donors (Lipinski definition) is 1. The quantitative estimate of drug-likeness (QED) is 0.432. The lowest BCUT2D eigenvalue weighted by molar-refractivity contribution is 0.0937. The van der Waals surface area contributed by atoms with Crippen LogP contribution < -0.4 is 14.8 Å². The highest BCUT2D eigenvalue weighted by Crippen LogP contribution is 2.26. The van der Waals surface area contributed by atoms with Gasteiger partial charge in [-0.1, -0.05) is 42.5 Å². The second-order valence-corrected chi connectivity index (χ2v) is 7.62. The number of hydrogen-bond acceptors (Lipinski definition) is 4. The third kappa shape index (κ3) is 4.44. The maximum atomic E-state index is 12.9. The molecule has 0 radical (unpaired) electrons. The summed E-state index contributed by atoms with van der Waals surface area (Å²) in [5.41, 5.74) is 3.50. The van der Waals surface area contributed by atoms with Gasteiger partial charge in [-0.05, 0) is 49.7 Å². The lowest BCUT2D eigenvalue weighted by Crippen LogP contribution is -2.29. The second kappa shape index (κ2) is 9.56. The highest BCUT2D eigenvalue weighted by Gasteiger charge is 2.20. The zero-order chi connectivity index (χ0) is 22.5. The number of fused-ring (bicyclic) bond motifs is 1. The minimum atomic E-state index is -0.277. The number of para-hydroxylation sites is 4. The van der Waals surface area contributed by atoms with Gasteiger partial charge in [0.25, 0.3) is 5.91 Å². The SMILES string of the molecule is COc1ccccc1OCCn1c(C(C)NC(=O)c2ccccc2C)nc2ccccc21. The van der Waals surface area contributed by atoms with Crippen molar-refractivity contribution < 1.29 is 14.3 Å². The first-order valence-corrected chi connectivity index (χ1v) is 10.7. The summed E-state index contributed by atoms with van der Waals surface area (Å²) in [4.78, 5) is 17.7. The molecule has 1 atom stereocenters. The topological polar surface area (TPSA) is 65.4 Å². The van der Waals surface area contributed by atoms with Crippen LogP contribution in [0, 0.1) is 6.92 Å². The van der Waals surface area contributed by atoms with Crippen molar-refractivity contribution in [2.75, 3.05) is 13.7 Å². The molecule has 1 amide bonds. The van der Waals surface area contributed by atoms with E-state index in [1.165, 1.54) is 0 Å². The number of nitrogens with zero attached hydrogens (tertiary/aromatic N) is 2. The zero-order valence-electron chi connectivity index (χ0n) is 18.5. The van der Waals surface area contributed by atoms with Crippen molar-refractivity contribution in [2.45, 2.75) is 26.4 Å². The van der Waals surface area contributed by atoms with Crippen LogP contribution in [-0.2, 0) is 6.54 Å². The molecule has 164 valence electrons. The van der Waals surface area contributed by atoms with Crippen molar-refractivity contribution in [3.05, 3.63) is 89.7 Å². The summed E-state index contributed by atoms with van der Waals surface area (Å²) < 4.78 is 13.5. The molecule has 1 N–H and O–H groups in total. The predicted molar refractivity (Wildman–Crippen MR) is 125 cm³/mol. The molecule has 6 heteroatoms. The number of carbonyl (C=O) groups is 1. The van der Waals surface area contributed by atoms with E-state index in [4.69, 9.17) is 14.5 Å². The summed E-state index contributed by atoms with van der Waals surface area (Å²) in [5.74, 6) is 2.07. The minimum Gasteiger partial charge on any atom is -0.493 e. The molecule has 4 aromatic rings. The summed E-state index contributed by atoms with van der Waals surface area (Å²) >= 11 is 0. The lowest BCUT2D eigenvalue weighted by Gasteiger charge is -2.17. The maximum absolute atomic E-state index is 12.9. The fourth-order valence-corrected chi connectivity index (χ4v) is 3.81. The second-order valence-electron chi connectivity index (χ2n) is 7.62. The van der Waals surface area contributed by atoms with E-state index in [0.29, 0.717) is 30.2 Å². The van der Waals surface area contributed by atoms with Gasteiger partial charge in [0.1, 0.15) is 12.4 Å². The van der Waals surface area contributed by atoms with Gasteiger partial charge in [-0.15, -0.1) is 0 Å². The Bertz CT molecular complexity index is 1230. The Morgan fingerprint density at radius 2 is 1.69 bits per heavy atom. The molecule has 4 rings (SSSR count). The van der Waals surface area contributed by atoms with E-state index < -0.39 is 0 Å². The van der Waals surface area contributed by atoms with Gasteiger partial charge in [0.05, 0.1) is 30.7 Å². The van der Waals surface area contributed by atoms with E-state index in [1.54, 1.807) is 7.11 Å². The van der Waals surface area contributed by atoms with Gasteiger partial charge in [-0.25, -0.2) is 4.98 Å². The fraction of sp³-hybridized carbons (Fsp3) is 0.231. The van der Waals surface area contributed by atoms with Crippen molar-refractivity contribution in [1.29, 1.82) is 0 Å². The molecule has 0 aliphatic heterocycles. The normalized spacial score (nSPS) is 11.8. The Kier molecular flexibility index (Phi) is 6.40. The molecular weight excluding hydrogens is 402 g/mol. The van der Waals surface area contributed by atoms with Gasteiger partial charge >= 0.3 is 0 Å². The predicted octanol–water partition coefficient (Wildman–Crippen LogP) is 4.92. The van der Waals surface area contributed by atoms with Crippen LogP contribution >= 0.6 is 0 Å². The van der Waals surface area contributed by atoms with Gasteiger partial charge in [-0.3, -0.25) is 4.79 Å². The van der Waals surface area contributed by atoms with Crippen LogP contribution in [-0.4, -0.2) is 29.2 Å². The molecule has 0 bridgehead atoms. The Morgan fingerprint density at radius 3 is 2.47 bits per heavy atom. The molecule has 32 heavy (non-hydrogen) atoms. The highest BCUT2D eigenvalue weighted by atomic mass is 16.5. The molecule has 0 fully saturated rings. The smallest absolute Gasteiger partial charge is 0.252 e. The fourth-order valence-electron chi connectivity index (χ4n) is 3.81. The molecule has 0 spiro atoms. The Hall–Kier alpha value is -3.80. The minimum absolute atomic E-state index is 0.112. The van der Waals surface area contributed by atoms with Crippen LogP contribution in [0.3, 0.4) is 0 Å². The number of rotatable bonds is 8. The Balaban J connectivity index is 1.56. The average Bonchev–Trinajstić information content (AvgIpc) is 3.18. The summed E-state index contributed by atoms with van der Waals surface area (Å²) in [7, 11) is 1.63. The van der Waals surface area contributed by atoms with Gasteiger partial charge < -0.3 is 19.4 Å². The number of ether oxygens (including phenoxy) is 2. The largest absolute Gasteiger partial charge is 0.493 e. The molecule has 0 saturated heterocycles. The van der Waals surface area contributed by atoms with E-state index in [9.17, 15) is 4.79 Å². The first-order chi connectivity index (χ1) is 15.6. The Labute approximate surface area is 187 Å². The number of amides is 1. The van der Waals surface area contributed by atoms with E-state index in [-0.39, 0.29) is 11.9 Å². The van der Waals surface area contributed by atoms with Crippen molar-refractivity contribution in [3.8, 4) is 11.5 Å². The molecule has 0 aliphatic rings. The van der Waals surface area contributed by atoms with Crippen LogP contribution in [0.25, 0.3) is 11.0 Å². The number of imidazole rings is 1. The number of aryl methyl sites for hydroxylation is 1. The molecule has 1 unspecified atom stereocenters. The Morgan fingerprint density at radius 1 is 1.00 bits per heavy atom. The molecule has 3 aromatic carbocycles. The van der Waals surface area contributed by atoms with Gasteiger partial charge in [0.2, 0.25) is 0 Å². The number of benzene rings is 3. The van der Waals surface area contributed by atoms with Crippen molar-refractivity contribution in [3.63, 3.8) is 0 Å². The molecule has 1 aromatic heterocycles. The standard InChI is InChI=1S/C26H27N3O3/c1-18-10-4-5-11-20(18)26(30)27-19(2)25-28-21-12-6-7-13-22(21)29(25)16-17-32-24-15-9-8-14-23(24)31-3/h4-15,19H,16-17H2,1-3H3,(H,27,30). The monoisotopic (exact) mass is 429 g/mol. The van der Waals surface area contributed by atoms with Crippen molar-refractivity contribution in [1.82, 2.24) is 14.9 Å². The van der Waals surface area contributed by atoms with Crippen LogP contribution in [0.2, 0.25) is 0 Å². The average molecular weight is 430 g/mol. The number of aromatic nitrogens is 2. The molecule has 6 nitrogen and oxygen atoms in total. The summed E-state index contributed by atoms with van der Waals surface area (Å²) in [6, 6.07) is 22.8. The van der Waals surface area contributed by atoms with Crippen molar-refractivity contribution >= 4 is 16.9 Å². The summed E-state index contributed by atoms with van der Waals surface area (Å²) in [6.45, 7) is 4.91. The third-order valence-corrected chi connectivity index (χ3v) is 5.45. The highest BCUT2D eigenvalue weighted by molar-refractivity contribution is 5.95. The third-order valence-electron chi connectivity index (χ3n) is 5.45. The molecular formula is C26H27N3O3. The summed E-state index contributed by atoms with van der Waals surface area (Å²) in [6.07, 6.45) is 0. The van der Waals surface area contributed by atoms with Gasteiger partial charge in [0.15, 0.2) is 11.5 Å². The first kappa shape index (κ1) is 21.4. The van der Waals surface area contributed by atoms with Crippen LogP contribution in [0.5, 0.6) is 11.5 Å². The lowest BCUT2D eigenvalue weighted by atomic mass is 10.1. The first-order valence-electron chi connectivity index (χ1n) is 10.7. The van der Waals surface area contributed by atoms with Crippen LogP contribution in [0.15, 0.2) is 72.8 Å². The van der Waals surface area contributed by atoms with Crippen LogP contribution in [0.4, 0.5) is 0 Å². The number of carbonyl (C=O) groups excluding carboxylic acids is 1. The maximum Gasteiger partial charge on any atom is 0.252 e. The number of methoxy groups -OCH3 is 1. The molecule has 0 aliphatic carbocycles. The zero-order valence-corrected chi connectivity index (χ0v) is 18.5. The van der Waals surface area contributed by atoms with Gasteiger partial charge in [-0.2, -0.15) is 0 Å². The van der Waals surface area contributed by atoms with Crippen molar-refractivity contribution in [2.24, 2.45) is 0 Å². The summed E-state index contributed by atoms with van der Waals surface area (Å²) in [5, 5.41) is 3.10. The molecule has 1 heterocycles. The molecule has 0 saturated carbocycles. The van der Waals surface area contributed by atoms with Gasteiger partial charge in [0, 0.05) is 5.56 Å². The number of nitrogens with one attached hydrogen (secondary N) is 1.